The van der Waals surface area contributed by atoms with E-state index in [1.54, 1.807) is 23.1 Å². The highest BCUT2D eigenvalue weighted by Crippen LogP contribution is 2.36. The third-order valence-corrected chi connectivity index (χ3v) is 6.87. The fraction of sp³-hybridized carbons (Fsp3) is 0.286. The Bertz CT molecular complexity index is 958. The summed E-state index contributed by atoms with van der Waals surface area (Å²) < 4.78 is 1.18. The van der Waals surface area contributed by atoms with Gasteiger partial charge in [-0.3, -0.25) is 4.79 Å². The number of thiazole rings is 1. The Balaban J connectivity index is 1.37. The van der Waals surface area contributed by atoms with Crippen molar-refractivity contribution in [1.29, 1.82) is 5.26 Å². The molecule has 0 N–H and O–H groups in total. The minimum absolute atomic E-state index is 0.116. The number of hydrogen-bond acceptors (Lipinski definition) is 5. The van der Waals surface area contributed by atoms with Crippen molar-refractivity contribution in [3.8, 4) is 6.07 Å². The maximum absolute atomic E-state index is 12.8. The predicted octanol–water partition coefficient (Wildman–Crippen LogP) is 4.76. The summed E-state index contributed by atoms with van der Waals surface area (Å²) in [5.74, 6) is 1.44. The molecule has 0 aliphatic carbocycles. The zero-order valence-electron chi connectivity index (χ0n) is 14.8. The van der Waals surface area contributed by atoms with Crippen LogP contribution in [0.25, 0.3) is 10.2 Å². The molecule has 136 valence electrons. The fourth-order valence-electron chi connectivity index (χ4n) is 3.37. The number of amides is 1. The summed E-state index contributed by atoms with van der Waals surface area (Å²) in [5, 5.41) is 9.91. The van der Waals surface area contributed by atoms with Crippen LogP contribution >= 0.6 is 23.1 Å². The average molecular weight is 394 g/mol. The third-order valence-electron chi connectivity index (χ3n) is 4.75. The van der Waals surface area contributed by atoms with Gasteiger partial charge in [0.2, 0.25) is 5.91 Å². The molecule has 1 unspecified atom stereocenters. The molecule has 0 radical (unpaired) electrons. The number of carbonyl (C=O) groups is 1. The molecule has 1 aliphatic rings. The monoisotopic (exact) mass is 393 g/mol. The second-order valence-electron chi connectivity index (χ2n) is 6.57. The SMILES string of the molecule is N#Cc1ccc(CSCC(=O)N2CCCC2c2nc3ccccc3s2)cc1. The Hall–Kier alpha value is -2.36. The van der Waals surface area contributed by atoms with Crippen molar-refractivity contribution in [3.05, 3.63) is 64.7 Å². The van der Waals surface area contributed by atoms with Crippen LogP contribution < -0.4 is 0 Å². The molecule has 1 aliphatic heterocycles. The number of hydrogen-bond donors (Lipinski definition) is 0. The van der Waals surface area contributed by atoms with Gasteiger partial charge in [0, 0.05) is 12.3 Å². The van der Waals surface area contributed by atoms with Gasteiger partial charge in [-0.05, 0) is 42.7 Å². The Labute approximate surface area is 166 Å². The molecule has 0 saturated carbocycles. The molecule has 2 heterocycles. The van der Waals surface area contributed by atoms with Gasteiger partial charge in [0.15, 0.2) is 0 Å². The van der Waals surface area contributed by atoms with Crippen molar-refractivity contribution >= 4 is 39.2 Å². The number of nitrogens with zero attached hydrogens (tertiary/aromatic N) is 3. The van der Waals surface area contributed by atoms with E-state index in [0.29, 0.717) is 11.3 Å². The fourth-order valence-corrected chi connectivity index (χ4v) is 5.36. The van der Waals surface area contributed by atoms with E-state index in [0.717, 1.165) is 41.2 Å². The number of nitriles is 1. The quantitative estimate of drug-likeness (QED) is 0.627. The van der Waals surface area contributed by atoms with Crippen LogP contribution in [0, 0.1) is 11.3 Å². The van der Waals surface area contributed by atoms with Crippen LogP contribution in [-0.2, 0) is 10.5 Å². The van der Waals surface area contributed by atoms with Crippen LogP contribution in [-0.4, -0.2) is 28.1 Å². The summed E-state index contributed by atoms with van der Waals surface area (Å²) in [4.78, 5) is 19.5. The summed E-state index contributed by atoms with van der Waals surface area (Å²) in [7, 11) is 0. The minimum atomic E-state index is 0.116. The molecule has 2 aromatic carbocycles. The minimum Gasteiger partial charge on any atom is -0.333 e. The van der Waals surface area contributed by atoms with Crippen LogP contribution in [0.2, 0.25) is 0 Å². The molecule has 1 saturated heterocycles. The number of carbonyl (C=O) groups excluding carboxylic acids is 1. The summed E-state index contributed by atoms with van der Waals surface area (Å²) in [6.45, 7) is 0.816. The largest absolute Gasteiger partial charge is 0.333 e. The van der Waals surface area contributed by atoms with E-state index >= 15 is 0 Å². The molecule has 0 bridgehead atoms. The third kappa shape index (κ3) is 4.00. The highest BCUT2D eigenvalue weighted by Gasteiger charge is 2.31. The van der Waals surface area contributed by atoms with E-state index in [1.807, 2.05) is 47.4 Å². The van der Waals surface area contributed by atoms with E-state index < -0.39 is 0 Å². The van der Waals surface area contributed by atoms with Gasteiger partial charge in [0.25, 0.3) is 0 Å². The first-order valence-corrected chi connectivity index (χ1v) is 10.9. The van der Waals surface area contributed by atoms with Crippen molar-refractivity contribution in [2.24, 2.45) is 0 Å². The highest BCUT2D eigenvalue weighted by atomic mass is 32.2. The van der Waals surface area contributed by atoms with Gasteiger partial charge in [0.05, 0.1) is 33.6 Å². The van der Waals surface area contributed by atoms with Crippen LogP contribution in [0.5, 0.6) is 0 Å². The second kappa shape index (κ2) is 8.12. The Kier molecular flexibility index (Phi) is 5.42. The molecule has 1 fully saturated rings. The van der Waals surface area contributed by atoms with E-state index in [9.17, 15) is 4.79 Å². The molecule has 27 heavy (non-hydrogen) atoms. The Morgan fingerprint density at radius 1 is 1.26 bits per heavy atom. The van der Waals surface area contributed by atoms with E-state index in [1.165, 1.54) is 4.70 Å². The first-order valence-electron chi connectivity index (χ1n) is 8.96. The molecular weight excluding hydrogens is 374 g/mol. The van der Waals surface area contributed by atoms with Gasteiger partial charge in [-0.25, -0.2) is 4.98 Å². The van der Waals surface area contributed by atoms with Crippen LogP contribution in [0.15, 0.2) is 48.5 Å². The summed E-state index contributed by atoms with van der Waals surface area (Å²) in [5.41, 5.74) is 2.82. The average Bonchev–Trinajstić information content (AvgIpc) is 3.35. The molecule has 3 aromatic rings. The number of thioether (sulfide) groups is 1. The standard InChI is InChI=1S/C21H19N3OS2/c22-12-15-7-9-16(10-8-15)13-26-14-20(25)24-11-3-5-18(24)21-23-17-4-1-2-6-19(17)27-21/h1-2,4,6-10,18H,3,5,11,13-14H2. The van der Waals surface area contributed by atoms with E-state index in [2.05, 4.69) is 12.1 Å². The lowest BCUT2D eigenvalue weighted by Crippen LogP contribution is -2.31. The van der Waals surface area contributed by atoms with Crippen LogP contribution in [0.4, 0.5) is 0 Å². The summed E-state index contributed by atoms with van der Waals surface area (Å²) in [6.07, 6.45) is 2.03. The predicted molar refractivity (Wildman–Crippen MR) is 111 cm³/mol. The van der Waals surface area contributed by atoms with Crippen LogP contribution in [0.3, 0.4) is 0 Å². The normalized spacial score (nSPS) is 16.6. The molecule has 1 amide bonds. The Morgan fingerprint density at radius 2 is 2.07 bits per heavy atom. The Morgan fingerprint density at radius 3 is 2.85 bits per heavy atom. The van der Waals surface area contributed by atoms with Gasteiger partial charge >= 0.3 is 0 Å². The maximum Gasteiger partial charge on any atom is 0.233 e. The van der Waals surface area contributed by atoms with Crippen LogP contribution in [0.1, 0.15) is 35.0 Å². The highest BCUT2D eigenvalue weighted by molar-refractivity contribution is 7.99. The van der Waals surface area contributed by atoms with Crippen molar-refractivity contribution in [2.75, 3.05) is 12.3 Å². The molecule has 1 atom stereocenters. The smallest absolute Gasteiger partial charge is 0.233 e. The number of likely N-dealkylation sites (tertiary alicyclic amines) is 1. The zero-order chi connectivity index (χ0) is 18.6. The lowest BCUT2D eigenvalue weighted by atomic mass is 10.2. The van der Waals surface area contributed by atoms with Gasteiger partial charge in [-0.1, -0.05) is 24.3 Å². The number of benzene rings is 2. The number of fused-ring (bicyclic) bond motifs is 1. The van der Waals surface area contributed by atoms with Gasteiger partial charge < -0.3 is 4.90 Å². The number of rotatable bonds is 5. The topological polar surface area (TPSA) is 57.0 Å². The molecule has 0 spiro atoms. The first-order chi connectivity index (χ1) is 13.2. The summed E-state index contributed by atoms with van der Waals surface area (Å²) in [6, 6.07) is 17.9. The number of aromatic nitrogens is 1. The maximum atomic E-state index is 12.8. The number of para-hydroxylation sites is 1. The summed E-state index contributed by atoms with van der Waals surface area (Å²) >= 11 is 3.33. The molecular formula is C21H19N3OS2. The van der Waals surface area contributed by atoms with Crippen molar-refractivity contribution in [3.63, 3.8) is 0 Å². The van der Waals surface area contributed by atoms with Crippen molar-refractivity contribution < 1.29 is 4.79 Å². The first kappa shape index (κ1) is 18.0. The van der Waals surface area contributed by atoms with Gasteiger partial charge in [0.1, 0.15) is 5.01 Å². The lowest BCUT2D eigenvalue weighted by Gasteiger charge is -2.23. The van der Waals surface area contributed by atoms with Crippen molar-refractivity contribution in [1.82, 2.24) is 9.88 Å². The van der Waals surface area contributed by atoms with E-state index in [-0.39, 0.29) is 11.9 Å². The lowest BCUT2D eigenvalue weighted by molar-refractivity contribution is -0.129. The van der Waals surface area contributed by atoms with Crippen molar-refractivity contribution in [2.45, 2.75) is 24.6 Å². The second-order valence-corrected chi connectivity index (χ2v) is 8.61. The van der Waals surface area contributed by atoms with E-state index in [4.69, 9.17) is 10.2 Å². The molecule has 4 nitrogen and oxygen atoms in total. The van der Waals surface area contributed by atoms with Gasteiger partial charge in [-0.2, -0.15) is 5.26 Å². The molecule has 4 rings (SSSR count). The molecule has 1 aromatic heterocycles. The van der Waals surface area contributed by atoms with Gasteiger partial charge in [-0.15, -0.1) is 23.1 Å². The molecule has 6 heteroatoms. The zero-order valence-corrected chi connectivity index (χ0v) is 16.4.